The van der Waals surface area contributed by atoms with Gasteiger partial charge in [-0.2, -0.15) is 5.26 Å². The maximum atomic E-state index is 11.9. The number of aliphatic hydroxyl groups excluding tert-OH is 1. The van der Waals surface area contributed by atoms with Crippen LogP contribution in [0, 0.1) is 34.5 Å². The van der Waals surface area contributed by atoms with Crippen molar-refractivity contribution in [2.24, 2.45) is 23.2 Å². The molecule has 4 fully saturated rings. The smallest absolute Gasteiger partial charge is 0.192 e. The first-order valence-corrected chi connectivity index (χ1v) is 15.3. The van der Waals surface area contributed by atoms with Crippen molar-refractivity contribution in [3.8, 4) is 6.07 Å². The van der Waals surface area contributed by atoms with E-state index in [-0.39, 0.29) is 34.5 Å². The predicted octanol–water partition coefficient (Wildman–Crippen LogP) is 5.39. The molecule has 0 aromatic rings. The molecule has 8 atom stereocenters. The quantitative estimate of drug-likeness (QED) is 0.572. The molecule has 6 heteroatoms. The van der Waals surface area contributed by atoms with Crippen molar-refractivity contribution in [1.29, 1.82) is 5.26 Å². The number of ether oxygens (including phenoxy) is 2. The highest BCUT2D eigenvalue weighted by atomic mass is 28.4. The molecule has 5 nitrogen and oxygen atoms in total. The monoisotopic (exact) mass is 449 g/mol. The van der Waals surface area contributed by atoms with Gasteiger partial charge in [0.25, 0.3) is 0 Å². The maximum absolute atomic E-state index is 11.9. The lowest BCUT2D eigenvalue weighted by molar-refractivity contribution is -0.241. The van der Waals surface area contributed by atoms with Gasteiger partial charge < -0.3 is 19.0 Å². The maximum Gasteiger partial charge on any atom is 0.192 e. The van der Waals surface area contributed by atoms with E-state index in [9.17, 15) is 10.4 Å². The van der Waals surface area contributed by atoms with Gasteiger partial charge in [0.1, 0.15) is 11.7 Å². The van der Waals surface area contributed by atoms with Crippen molar-refractivity contribution in [3.05, 3.63) is 0 Å². The molecule has 31 heavy (non-hydrogen) atoms. The van der Waals surface area contributed by atoms with E-state index in [0.29, 0.717) is 6.42 Å². The van der Waals surface area contributed by atoms with E-state index >= 15 is 0 Å². The Hall–Kier alpha value is -0.453. The van der Waals surface area contributed by atoms with E-state index in [1.165, 1.54) is 0 Å². The van der Waals surface area contributed by atoms with Crippen LogP contribution in [0.5, 0.6) is 0 Å². The number of fused-ring (bicyclic) bond motifs is 1. The molecule has 3 saturated carbocycles. The molecule has 4 aliphatic rings. The van der Waals surface area contributed by atoms with E-state index in [1.54, 1.807) is 0 Å². The summed E-state index contributed by atoms with van der Waals surface area (Å²) in [6.45, 7) is 17.7. The number of aliphatic hydroxyl groups is 1. The fraction of sp³-hybridized carbons (Fsp3) is 0.960. The van der Waals surface area contributed by atoms with Crippen LogP contribution in [0.15, 0.2) is 0 Å². The van der Waals surface area contributed by atoms with Crippen LogP contribution in [-0.2, 0) is 13.9 Å². The van der Waals surface area contributed by atoms with Gasteiger partial charge in [0, 0.05) is 5.41 Å². The van der Waals surface area contributed by atoms with Crippen molar-refractivity contribution in [3.63, 3.8) is 0 Å². The van der Waals surface area contributed by atoms with Gasteiger partial charge in [0.05, 0.1) is 24.2 Å². The summed E-state index contributed by atoms with van der Waals surface area (Å²) in [5.41, 5.74) is -1.21. The Balaban J connectivity index is 1.93. The van der Waals surface area contributed by atoms with Gasteiger partial charge in [0.2, 0.25) is 0 Å². The Labute approximate surface area is 190 Å². The minimum atomic E-state index is -2.09. The number of hydrogen-bond donors (Lipinski definition) is 1. The highest BCUT2D eigenvalue weighted by Gasteiger charge is 2.78. The Kier molecular flexibility index (Phi) is 5.56. The highest BCUT2D eigenvalue weighted by Crippen LogP contribution is 2.68. The number of rotatable bonds is 2. The van der Waals surface area contributed by atoms with Gasteiger partial charge in [0.15, 0.2) is 14.1 Å². The SMILES string of the molecule is C[C@@H]1C[C@@]23CCCC[C@@H](C[C@H](C#N)[C@@H](O)[C@@]24OC(C)(C)O[C@@H]14)[C@H]3O[Si](C)(C)C(C)(C)C. The molecule has 2 spiro atoms. The van der Waals surface area contributed by atoms with Crippen molar-refractivity contribution >= 4 is 8.32 Å². The fourth-order valence-corrected chi connectivity index (χ4v) is 8.63. The van der Waals surface area contributed by atoms with Crippen molar-refractivity contribution in [2.45, 2.75) is 128 Å². The molecular weight excluding hydrogens is 406 g/mol. The zero-order chi connectivity index (χ0) is 23.0. The molecule has 0 amide bonds. The van der Waals surface area contributed by atoms with Crippen LogP contribution in [0.2, 0.25) is 18.1 Å². The van der Waals surface area contributed by atoms with Crippen LogP contribution in [0.4, 0.5) is 0 Å². The van der Waals surface area contributed by atoms with Gasteiger partial charge in [-0.15, -0.1) is 0 Å². The predicted molar refractivity (Wildman–Crippen MR) is 123 cm³/mol. The second-order valence-electron chi connectivity index (χ2n) is 12.9. The summed E-state index contributed by atoms with van der Waals surface area (Å²) in [5.74, 6) is -0.714. The molecule has 2 bridgehead atoms. The fourth-order valence-electron chi connectivity index (χ4n) is 7.22. The number of nitriles is 1. The summed E-state index contributed by atoms with van der Waals surface area (Å²) in [4.78, 5) is 0. The Morgan fingerprint density at radius 1 is 1.19 bits per heavy atom. The first kappa shape index (κ1) is 23.7. The van der Waals surface area contributed by atoms with Gasteiger partial charge >= 0.3 is 0 Å². The van der Waals surface area contributed by atoms with Crippen molar-refractivity contribution in [1.82, 2.24) is 0 Å². The van der Waals surface area contributed by atoms with Crippen LogP contribution in [-0.4, -0.2) is 43.1 Å². The summed E-state index contributed by atoms with van der Waals surface area (Å²) in [6, 6.07) is 2.47. The third-order valence-electron chi connectivity index (χ3n) is 9.42. The first-order chi connectivity index (χ1) is 14.2. The van der Waals surface area contributed by atoms with Crippen LogP contribution < -0.4 is 0 Å². The van der Waals surface area contributed by atoms with Crippen LogP contribution in [0.1, 0.15) is 80.1 Å². The molecule has 1 N–H and O–H groups in total. The van der Waals surface area contributed by atoms with Crippen LogP contribution >= 0.6 is 0 Å². The normalized spacial score (nSPS) is 47.1. The van der Waals surface area contributed by atoms with Crippen LogP contribution in [0.25, 0.3) is 0 Å². The lowest BCUT2D eigenvalue weighted by atomic mass is 9.64. The molecule has 176 valence electrons. The topological polar surface area (TPSA) is 71.7 Å². The molecule has 1 aliphatic heterocycles. The van der Waals surface area contributed by atoms with Crippen molar-refractivity contribution < 1.29 is 19.0 Å². The summed E-state index contributed by atoms with van der Waals surface area (Å²) in [5, 5.41) is 22.1. The van der Waals surface area contributed by atoms with Gasteiger partial charge in [-0.1, -0.05) is 40.5 Å². The van der Waals surface area contributed by atoms with E-state index in [4.69, 9.17) is 13.9 Å². The number of hydrogen-bond acceptors (Lipinski definition) is 5. The van der Waals surface area contributed by atoms with Crippen molar-refractivity contribution in [2.75, 3.05) is 0 Å². The standard InChI is InChI=1S/C25H43NO4Si/c1-16-14-24-12-10-9-11-17(21(24)29-31(7,8)22(2,3)4)13-18(15-26)19(27)25(24)20(16)28-23(5,6)30-25/h16-21,27H,9-14H2,1-8H3/t16-,17+,18-,19-,20+,21-,24-,25+/m1/s1. The Morgan fingerprint density at radius 3 is 2.48 bits per heavy atom. The molecule has 1 heterocycles. The number of nitrogens with zero attached hydrogens (tertiary/aromatic N) is 1. The molecule has 1 saturated heterocycles. The lowest BCUT2D eigenvalue weighted by Crippen LogP contribution is -2.64. The highest BCUT2D eigenvalue weighted by molar-refractivity contribution is 6.74. The third kappa shape index (κ3) is 3.29. The molecule has 0 radical (unpaired) electrons. The zero-order valence-electron chi connectivity index (χ0n) is 20.8. The third-order valence-corrected chi connectivity index (χ3v) is 13.9. The second kappa shape index (κ2) is 7.27. The molecular formula is C25H43NO4Si. The van der Waals surface area contributed by atoms with E-state index in [2.05, 4.69) is 46.9 Å². The molecule has 4 rings (SSSR count). The van der Waals surface area contributed by atoms with Crippen LogP contribution in [0.3, 0.4) is 0 Å². The zero-order valence-corrected chi connectivity index (χ0v) is 21.8. The largest absolute Gasteiger partial charge is 0.413 e. The minimum Gasteiger partial charge on any atom is -0.413 e. The lowest BCUT2D eigenvalue weighted by Gasteiger charge is -2.53. The van der Waals surface area contributed by atoms with Gasteiger partial charge in [-0.05, 0) is 69.5 Å². The van der Waals surface area contributed by atoms with Gasteiger partial charge in [-0.25, -0.2) is 0 Å². The summed E-state index contributed by atoms with van der Waals surface area (Å²) < 4.78 is 20.7. The van der Waals surface area contributed by atoms with E-state index in [0.717, 1.165) is 32.1 Å². The summed E-state index contributed by atoms with van der Waals surface area (Å²) >= 11 is 0. The second-order valence-corrected chi connectivity index (χ2v) is 17.6. The first-order valence-electron chi connectivity index (χ1n) is 12.3. The molecule has 0 aromatic heterocycles. The molecule has 0 unspecified atom stereocenters. The van der Waals surface area contributed by atoms with E-state index in [1.807, 2.05) is 13.8 Å². The Morgan fingerprint density at radius 2 is 1.87 bits per heavy atom. The van der Waals surface area contributed by atoms with Gasteiger partial charge in [-0.3, -0.25) is 0 Å². The summed E-state index contributed by atoms with van der Waals surface area (Å²) in [6.07, 6.45) is 4.83. The average molecular weight is 450 g/mol. The molecule has 3 aliphatic carbocycles. The summed E-state index contributed by atoms with van der Waals surface area (Å²) in [7, 11) is -2.09. The average Bonchev–Trinajstić information content (AvgIpc) is 2.96. The minimum absolute atomic E-state index is 0.00570. The molecule has 0 aromatic carbocycles. The van der Waals surface area contributed by atoms with E-state index < -0.39 is 31.7 Å². The Bertz CT molecular complexity index is 756.